The standard InChI is InChI=1S/C20H18ClN3O/c1-14(15-5-3-2-4-6-15)23-18-11-12-19(22-13-18)24-20(25)16-7-9-17(21)10-8-16/h2-14,23H,1H3,(H,22,24,25). The second kappa shape index (κ2) is 7.81. The van der Waals surface area contributed by atoms with Crippen LogP contribution in [0.3, 0.4) is 0 Å². The molecule has 1 unspecified atom stereocenters. The van der Waals surface area contributed by atoms with E-state index in [4.69, 9.17) is 11.6 Å². The maximum absolute atomic E-state index is 12.2. The van der Waals surface area contributed by atoms with Gasteiger partial charge in [-0.25, -0.2) is 4.98 Å². The van der Waals surface area contributed by atoms with Crippen LogP contribution in [0.1, 0.15) is 28.9 Å². The number of nitrogens with zero attached hydrogens (tertiary/aromatic N) is 1. The SMILES string of the molecule is CC(Nc1ccc(NC(=O)c2ccc(Cl)cc2)nc1)c1ccccc1. The van der Waals surface area contributed by atoms with Crippen LogP contribution in [0.15, 0.2) is 72.9 Å². The number of hydrogen-bond acceptors (Lipinski definition) is 3. The molecule has 126 valence electrons. The van der Waals surface area contributed by atoms with Crippen molar-refractivity contribution in [1.29, 1.82) is 0 Å². The normalized spacial score (nSPS) is 11.6. The van der Waals surface area contributed by atoms with E-state index in [1.54, 1.807) is 36.5 Å². The van der Waals surface area contributed by atoms with E-state index >= 15 is 0 Å². The zero-order valence-corrected chi connectivity index (χ0v) is 14.5. The molecule has 2 N–H and O–H groups in total. The van der Waals surface area contributed by atoms with E-state index in [-0.39, 0.29) is 11.9 Å². The minimum Gasteiger partial charge on any atom is -0.377 e. The van der Waals surface area contributed by atoms with Crippen LogP contribution < -0.4 is 10.6 Å². The molecule has 1 atom stereocenters. The predicted octanol–water partition coefficient (Wildman–Crippen LogP) is 5.16. The molecule has 0 bridgehead atoms. The first-order chi connectivity index (χ1) is 12.1. The number of carbonyl (C=O) groups is 1. The average molecular weight is 352 g/mol. The lowest BCUT2D eigenvalue weighted by molar-refractivity contribution is 0.102. The first kappa shape index (κ1) is 17.0. The van der Waals surface area contributed by atoms with E-state index in [9.17, 15) is 4.79 Å². The van der Waals surface area contributed by atoms with Crippen LogP contribution in [-0.4, -0.2) is 10.9 Å². The van der Waals surface area contributed by atoms with E-state index in [1.165, 1.54) is 5.56 Å². The topological polar surface area (TPSA) is 54.0 Å². The van der Waals surface area contributed by atoms with Gasteiger partial charge in [-0.3, -0.25) is 4.79 Å². The molecular weight excluding hydrogens is 334 g/mol. The minimum atomic E-state index is -0.220. The Balaban J connectivity index is 1.62. The quantitative estimate of drug-likeness (QED) is 0.667. The Morgan fingerprint density at radius 2 is 1.72 bits per heavy atom. The molecule has 3 aromatic rings. The van der Waals surface area contributed by atoms with Gasteiger partial charge in [-0.15, -0.1) is 0 Å². The van der Waals surface area contributed by atoms with Gasteiger partial charge in [0.25, 0.3) is 5.91 Å². The fraction of sp³-hybridized carbons (Fsp3) is 0.100. The molecule has 0 radical (unpaired) electrons. The Morgan fingerprint density at radius 1 is 1.00 bits per heavy atom. The first-order valence-corrected chi connectivity index (χ1v) is 8.34. The average Bonchev–Trinajstić information content (AvgIpc) is 2.64. The van der Waals surface area contributed by atoms with E-state index in [0.717, 1.165) is 5.69 Å². The number of benzene rings is 2. The Kier molecular flexibility index (Phi) is 5.31. The maximum Gasteiger partial charge on any atom is 0.256 e. The van der Waals surface area contributed by atoms with Gasteiger partial charge in [0.15, 0.2) is 0 Å². The smallest absolute Gasteiger partial charge is 0.256 e. The lowest BCUT2D eigenvalue weighted by Crippen LogP contribution is -2.13. The van der Waals surface area contributed by atoms with Crippen molar-refractivity contribution in [3.8, 4) is 0 Å². The third kappa shape index (κ3) is 4.58. The lowest BCUT2D eigenvalue weighted by atomic mass is 10.1. The molecule has 1 heterocycles. The summed E-state index contributed by atoms with van der Waals surface area (Å²) in [6.07, 6.45) is 1.71. The van der Waals surface area contributed by atoms with Crippen LogP contribution in [0.5, 0.6) is 0 Å². The molecule has 0 saturated heterocycles. The van der Waals surface area contributed by atoms with Crippen LogP contribution in [0.25, 0.3) is 0 Å². The van der Waals surface area contributed by atoms with E-state index in [0.29, 0.717) is 16.4 Å². The van der Waals surface area contributed by atoms with Gasteiger partial charge < -0.3 is 10.6 Å². The van der Waals surface area contributed by atoms with Gasteiger partial charge in [0.05, 0.1) is 11.9 Å². The Morgan fingerprint density at radius 3 is 2.36 bits per heavy atom. The Hall–Kier alpha value is -2.85. The molecule has 1 aromatic heterocycles. The molecule has 0 aliphatic heterocycles. The summed E-state index contributed by atoms with van der Waals surface area (Å²) < 4.78 is 0. The van der Waals surface area contributed by atoms with Crippen LogP contribution in [0.4, 0.5) is 11.5 Å². The summed E-state index contributed by atoms with van der Waals surface area (Å²) in [6.45, 7) is 2.09. The summed E-state index contributed by atoms with van der Waals surface area (Å²) in [4.78, 5) is 16.5. The molecule has 1 amide bonds. The number of hydrogen-bond donors (Lipinski definition) is 2. The van der Waals surface area contributed by atoms with E-state index in [1.807, 2.05) is 24.3 Å². The number of pyridine rings is 1. The number of nitrogens with one attached hydrogen (secondary N) is 2. The summed E-state index contributed by atoms with van der Waals surface area (Å²) in [7, 11) is 0. The third-order valence-corrected chi connectivity index (χ3v) is 4.05. The van der Waals surface area contributed by atoms with Gasteiger partial charge in [-0.1, -0.05) is 41.9 Å². The van der Waals surface area contributed by atoms with Crippen molar-refractivity contribution in [2.75, 3.05) is 10.6 Å². The van der Waals surface area contributed by atoms with Crippen molar-refractivity contribution >= 4 is 29.0 Å². The lowest BCUT2D eigenvalue weighted by Gasteiger charge is -2.15. The fourth-order valence-corrected chi connectivity index (χ4v) is 2.54. The number of amides is 1. The second-order valence-corrected chi connectivity index (χ2v) is 6.11. The molecule has 4 nitrogen and oxygen atoms in total. The Bertz CT molecular complexity index is 833. The summed E-state index contributed by atoms with van der Waals surface area (Å²) >= 11 is 5.83. The van der Waals surface area contributed by atoms with Gasteiger partial charge in [-0.05, 0) is 48.9 Å². The highest BCUT2D eigenvalue weighted by Crippen LogP contribution is 2.19. The van der Waals surface area contributed by atoms with Crippen molar-refractivity contribution < 1.29 is 4.79 Å². The molecule has 3 rings (SSSR count). The van der Waals surface area contributed by atoms with Gasteiger partial charge >= 0.3 is 0 Å². The van der Waals surface area contributed by atoms with Gasteiger partial charge in [0.1, 0.15) is 5.82 Å². The molecule has 2 aromatic carbocycles. The van der Waals surface area contributed by atoms with Gasteiger partial charge in [0, 0.05) is 16.6 Å². The number of anilines is 2. The largest absolute Gasteiger partial charge is 0.377 e. The van der Waals surface area contributed by atoms with Crippen molar-refractivity contribution in [3.05, 3.63) is 89.1 Å². The molecule has 0 spiro atoms. The fourth-order valence-electron chi connectivity index (χ4n) is 2.42. The van der Waals surface area contributed by atoms with Gasteiger partial charge in [0.2, 0.25) is 0 Å². The minimum absolute atomic E-state index is 0.164. The van der Waals surface area contributed by atoms with Crippen molar-refractivity contribution in [1.82, 2.24) is 4.98 Å². The van der Waals surface area contributed by atoms with Crippen molar-refractivity contribution in [3.63, 3.8) is 0 Å². The number of carbonyl (C=O) groups excluding carboxylic acids is 1. The van der Waals surface area contributed by atoms with Crippen LogP contribution in [0, 0.1) is 0 Å². The van der Waals surface area contributed by atoms with Crippen molar-refractivity contribution in [2.24, 2.45) is 0 Å². The molecule has 25 heavy (non-hydrogen) atoms. The maximum atomic E-state index is 12.2. The van der Waals surface area contributed by atoms with E-state index in [2.05, 4.69) is 34.7 Å². The van der Waals surface area contributed by atoms with Crippen LogP contribution >= 0.6 is 11.6 Å². The van der Waals surface area contributed by atoms with Crippen molar-refractivity contribution in [2.45, 2.75) is 13.0 Å². The number of aromatic nitrogens is 1. The summed E-state index contributed by atoms with van der Waals surface area (Å²) in [6, 6.07) is 20.7. The highest BCUT2D eigenvalue weighted by Gasteiger charge is 2.08. The van der Waals surface area contributed by atoms with E-state index < -0.39 is 0 Å². The molecule has 5 heteroatoms. The zero-order valence-electron chi connectivity index (χ0n) is 13.7. The summed E-state index contributed by atoms with van der Waals surface area (Å²) in [5.74, 6) is 0.278. The summed E-state index contributed by atoms with van der Waals surface area (Å²) in [5, 5.41) is 6.75. The third-order valence-electron chi connectivity index (χ3n) is 3.79. The monoisotopic (exact) mass is 351 g/mol. The first-order valence-electron chi connectivity index (χ1n) is 7.96. The molecule has 0 aliphatic carbocycles. The second-order valence-electron chi connectivity index (χ2n) is 5.67. The number of rotatable bonds is 5. The highest BCUT2D eigenvalue weighted by molar-refractivity contribution is 6.30. The highest BCUT2D eigenvalue weighted by atomic mass is 35.5. The van der Waals surface area contributed by atoms with Crippen LogP contribution in [0.2, 0.25) is 5.02 Å². The molecular formula is C20H18ClN3O. The zero-order chi connectivity index (χ0) is 17.6. The van der Waals surface area contributed by atoms with Gasteiger partial charge in [-0.2, -0.15) is 0 Å². The molecule has 0 aliphatic rings. The molecule has 0 saturated carbocycles. The number of halogens is 1. The summed E-state index contributed by atoms with van der Waals surface area (Å²) in [5.41, 5.74) is 2.62. The molecule has 0 fully saturated rings. The predicted molar refractivity (Wildman–Crippen MR) is 102 cm³/mol. The van der Waals surface area contributed by atoms with Crippen LogP contribution in [-0.2, 0) is 0 Å². The Labute approximate surface area is 151 Å².